The summed E-state index contributed by atoms with van der Waals surface area (Å²) in [7, 11) is -3.49. The summed E-state index contributed by atoms with van der Waals surface area (Å²) in [6.45, 7) is 1.68. The summed E-state index contributed by atoms with van der Waals surface area (Å²) in [4.78, 5) is 11.8. The molecule has 0 radical (unpaired) electrons. The Morgan fingerprint density at radius 1 is 1.40 bits per heavy atom. The van der Waals surface area contributed by atoms with Crippen molar-refractivity contribution in [1.29, 1.82) is 0 Å². The third-order valence-electron chi connectivity index (χ3n) is 3.55. The summed E-state index contributed by atoms with van der Waals surface area (Å²) in [5, 5.41) is 6.45. The van der Waals surface area contributed by atoms with Crippen molar-refractivity contribution in [3.63, 3.8) is 0 Å². The van der Waals surface area contributed by atoms with Gasteiger partial charge in [0.1, 0.15) is 12.0 Å². The van der Waals surface area contributed by atoms with Crippen molar-refractivity contribution in [3.8, 4) is 0 Å². The summed E-state index contributed by atoms with van der Waals surface area (Å²) in [5.74, 6) is -1.10. The van der Waals surface area contributed by atoms with Crippen LogP contribution in [-0.2, 0) is 20.4 Å². The number of hydrogen-bond donors (Lipinski definition) is 1. The highest BCUT2D eigenvalue weighted by molar-refractivity contribution is 7.91. The van der Waals surface area contributed by atoms with Crippen LogP contribution in [0.2, 0.25) is 0 Å². The van der Waals surface area contributed by atoms with Crippen LogP contribution in [-0.4, -0.2) is 31.3 Å². The van der Waals surface area contributed by atoms with E-state index in [-0.39, 0.29) is 11.8 Å². The molecule has 0 saturated heterocycles. The van der Waals surface area contributed by atoms with Gasteiger partial charge in [-0.15, -0.1) is 0 Å². The van der Waals surface area contributed by atoms with E-state index >= 15 is 0 Å². The van der Waals surface area contributed by atoms with Crippen molar-refractivity contribution in [2.45, 2.75) is 50.8 Å². The number of carbonyl (C=O) groups excluding carboxylic acids is 1. The van der Waals surface area contributed by atoms with Crippen LogP contribution in [0.4, 0.5) is 0 Å². The minimum atomic E-state index is -3.49. The SMILES string of the molecule is Cc1nocc1CS(=O)(=O)CC(=O)NC1CCCCC1. The Labute approximate surface area is 118 Å². The van der Waals surface area contributed by atoms with Crippen molar-refractivity contribution < 1.29 is 17.7 Å². The van der Waals surface area contributed by atoms with Crippen molar-refractivity contribution in [2.75, 3.05) is 5.75 Å². The molecular formula is C13H20N2O4S. The van der Waals surface area contributed by atoms with Crippen molar-refractivity contribution >= 4 is 15.7 Å². The van der Waals surface area contributed by atoms with E-state index in [9.17, 15) is 13.2 Å². The second-order valence-electron chi connectivity index (χ2n) is 5.36. The van der Waals surface area contributed by atoms with Crippen LogP contribution in [0.15, 0.2) is 10.8 Å². The Hall–Kier alpha value is -1.37. The van der Waals surface area contributed by atoms with Gasteiger partial charge in [-0.3, -0.25) is 4.79 Å². The predicted molar refractivity (Wildman–Crippen MR) is 73.7 cm³/mol. The molecule has 1 N–H and O–H groups in total. The quantitative estimate of drug-likeness (QED) is 0.886. The van der Waals surface area contributed by atoms with Gasteiger partial charge in [-0.1, -0.05) is 24.4 Å². The number of rotatable bonds is 5. The lowest BCUT2D eigenvalue weighted by atomic mass is 9.95. The number of aromatic nitrogens is 1. The van der Waals surface area contributed by atoms with Crippen molar-refractivity contribution in [2.24, 2.45) is 0 Å². The largest absolute Gasteiger partial charge is 0.364 e. The number of nitrogens with one attached hydrogen (secondary N) is 1. The van der Waals surface area contributed by atoms with Gasteiger partial charge < -0.3 is 9.84 Å². The molecule has 0 bridgehead atoms. The molecule has 6 nitrogen and oxygen atoms in total. The fourth-order valence-corrected chi connectivity index (χ4v) is 3.79. The van der Waals surface area contributed by atoms with Crippen LogP contribution >= 0.6 is 0 Å². The van der Waals surface area contributed by atoms with Gasteiger partial charge in [0.25, 0.3) is 0 Å². The van der Waals surface area contributed by atoms with Gasteiger partial charge in [0.2, 0.25) is 5.91 Å². The van der Waals surface area contributed by atoms with E-state index in [4.69, 9.17) is 4.52 Å². The third-order valence-corrected chi connectivity index (χ3v) is 5.00. The predicted octanol–water partition coefficient (Wildman–Crippen LogP) is 1.35. The van der Waals surface area contributed by atoms with Crippen LogP contribution in [0.25, 0.3) is 0 Å². The summed E-state index contributed by atoms with van der Waals surface area (Å²) in [6.07, 6.45) is 6.58. The minimum Gasteiger partial charge on any atom is -0.364 e. The second kappa shape index (κ2) is 6.39. The van der Waals surface area contributed by atoms with Gasteiger partial charge in [0, 0.05) is 11.6 Å². The smallest absolute Gasteiger partial charge is 0.235 e. The van der Waals surface area contributed by atoms with Crippen molar-refractivity contribution in [1.82, 2.24) is 10.5 Å². The highest BCUT2D eigenvalue weighted by Crippen LogP contribution is 2.17. The number of amides is 1. The number of nitrogens with zero attached hydrogens (tertiary/aromatic N) is 1. The molecule has 0 spiro atoms. The van der Waals surface area contributed by atoms with Gasteiger partial charge in [-0.2, -0.15) is 0 Å². The van der Waals surface area contributed by atoms with Gasteiger partial charge in [0.05, 0.1) is 11.4 Å². The van der Waals surface area contributed by atoms with E-state index in [0.29, 0.717) is 11.3 Å². The number of aryl methyl sites for hydroxylation is 1. The minimum absolute atomic E-state index is 0.128. The molecule has 1 aromatic heterocycles. The molecule has 1 amide bonds. The lowest BCUT2D eigenvalue weighted by molar-refractivity contribution is -0.119. The van der Waals surface area contributed by atoms with Gasteiger partial charge in [-0.25, -0.2) is 8.42 Å². The average Bonchev–Trinajstić information content (AvgIpc) is 2.74. The molecule has 0 atom stereocenters. The third kappa shape index (κ3) is 4.33. The molecule has 0 aliphatic heterocycles. The first-order valence-electron chi connectivity index (χ1n) is 6.86. The molecule has 0 aromatic carbocycles. The summed E-state index contributed by atoms with van der Waals surface area (Å²) >= 11 is 0. The van der Waals surface area contributed by atoms with Crippen LogP contribution < -0.4 is 5.32 Å². The maximum Gasteiger partial charge on any atom is 0.235 e. The number of hydrogen-bond acceptors (Lipinski definition) is 5. The number of carbonyl (C=O) groups is 1. The highest BCUT2D eigenvalue weighted by atomic mass is 32.2. The van der Waals surface area contributed by atoms with E-state index in [2.05, 4.69) is 10.5 Å². The number of sulfone groups is 1. The topological polar surface area (TPSA) is 89.3 Å². The first-order valence-corrected chi connectivity index (χ1v) is 8.68. The molecule has 1 aliphatic carbocycles. The van der Waals surface area contributed by atoms with Gasteiger partial charge in [-0.05, 0) is 19.8 Å². The zero-order valence-corrected chi connectivity index (χ0v) is 12.4. The molecular weight excluding hydrogens is 280 g/mol. The van der Waals surface area contributed by atoms with E-state index in [1.807, 2.05) is 0 Å². The zero-order chi connectivity index (χ0) is 14.6. The van der Waals surface area contributed by atoms with Crippen LogP contribution in [0.3, 0.4) is 0 Å². The molecule has 1 aliphatic rings. The summed E-state index contributed by atoms with van der Waals surface area (Å²) in [6, 6.07) is 0.128. The monoisotopic (exact) mass is 300 g/mol. The Bertz CT molecular complexity index is 559. The van der Waals surface area contributed by atoms with E-state index in [0.717, 1.165) is 25.7 Å². The van der Waals surface area contributed by atoms with Gasteiger partial charge >= 0.3 is 0 Å². The van der Waals surface area contributed by atoms with E-state index in [1.54, 1.807) is 6.92 Å². The Balaban J connectivity index is 1.87. The lowest BCUT2D eigenvalue weighted by Gasteiger charge is -2.22. The van der Waals surface area contributed by atoms with E-state index < -0.39 is 21.5 Å². The second-order valence-corrected chi connectivity index (χ2v) is 7.42. The summed E-state index contributed by atoms with van der Waals surface area (Å²) in [5.41, 5.74) is 1.05. The van der Waals surface area contributed by atoms with Crippen molar-refractivity contribution in [3.05, 3.63) is 17.5 Å². The molecule has 1 heterocycles. The molecule has 1 saturated carbocycles. The summed E-state index contributed by atoms with van der Waals surface area (Å²) < 4.78 is 28.6. The standard InChI is InChI=1S/C13H20N2O4S/c1-10-11(7-19-15-10)8-20(17,18)9-13(16)14-12-5-3-2-4-6-12/h7,12H,2-6,8-9H2,1H3,(H,14,16). The molecule has 112 valence electrons. The average molecular weight is 300 g/mol. The first kappa shape index (κ1) is 15.0. The molecule has 7 heteroatoms. The molecule has 2 rings (SSSR count). The Morgan fingerprint density at radius 2 is 2.10 bits per heavy atom. The Morgan fingerprint density at radius 3 is 2.70 bits per heavy atom. The molecule has 0 unspecified atom stereocenters. The zero-order valence-electron chi connectivity index (χ0n) is 11.6. The Kier molecular flexibility index (Phi) is 4.80. The van der Waals surface area contributed by atoms with E-state index in [1.165, 1.54) is 12.7 Å². The maximum absolute atomic E-state index is 12.0. The first-order chi connectivity index (χ1) is 9.46. The molecule has 20 heavy (non-hydrogen) atoms. The maximum atomic E-state index is 12.0. The highest BCUT2D eigenvalue weighted by Gasteiger charge is 2.22. The molecule has 1 aromatic rings. The molecule has 1 fully saturated rings. The normalized spacial score (nSPS) is 17.1. The lowest BCUT2D eigenvalue weighted by Crippen LogP contribution is -2.39. The van der Waals surface area contributed by atoms with Crippen LogP contribution in [0, 0.1) is 6.92 Å². The van der Waals surface area contributed by atoms with Crippen LogP contribution in [0.5, 0.6) is 0 Å². The fraction of sp³-hybridized carbons (Fsp3) is 0.692. The fourth-order valence-electron chi connectivity index (χ4n) is 2.46. The van der Waals surface area contributed by atoms with Crippen LogP contribution in [0.1, 0.15) is 43.4 Å². The van der Waals surface area contributed by atoms with Gasteiger partial charge in [0.15, 0.2) is 9.84 Å².